The highest BCUT2D eigenvalue weighted by Crippen LogP contribution is 2.36. The summed E-state index contributed by atoms with van der Waals surface area (Å²) in [6, 6.07) is 0.966. The molecular weight excluding hydrogens is 228 g/mol. The van der Waals surface area contributed by atoms with Gasteiger partial charge in [-0.15, -0.1) is 0 Å². The van der Waals surface area contributed by atoms with Crippen molar-refractivity contribution in [3.05, 3.63) is 18.2 Å². The molecular formula is C13H24N4O. The minimum absolute atomic E-state index is 0.113. The van der Waals surface area contributed by atoms with Gasteiger partial charge in [0.15, 0.2) is 0 Å². The van der Waals surface area contributed by atoms with E-state index in [0.29, 0.717) is 12.6 Å². The van der Waals surface area contributed by atoms with E-state index in [2.05, 4.69) is 21.8 Å². The van der Waals surface area contributed by atoms with Crippen molar-refractivity contribution in [1.82, 2.24) is 14.9 Å². The first kappa shape index (κ1) is 13.5. The lowest BCUT2D eigenvalue weighted by atomic mass is 10.1. The Balaban J connectivity index is 2.01. The Hall–Kier alpha value is -0.910. The van der Waals surface area contributed by atoms with Gasteiger partial charge in [-0.05, 0) is 33.1 Å². The molecule has 0 saturated heterocycles. The SMILES string of the molecule is CC(O)CC(C)NC(CN)c1cncn1C1CC1. The molecule has 2 rings (SSSR count). The molecule has 0 aromatic carbocycles. The second-order valence-corrected chi connectivity index (χ2v) is 5.40. The number of nitrogens with zero attached hydrogens (tertiary/aromatic N) is 2. The zero-order valence-corrected chi connectivity index (χ0v) is 11.2. The minimum atomic E-state index is -0.292. The highest BCUT2D eigenvalue weighted by Gasteiger charge is 2.28. The zero-order chi connectivity index (χ0) is 13.1. The van der Waals surface area contributed by atoms with Crippen molar-refractivity contribution < 1.29 is 5.11 Å². The predicted octanol–water partition coefficient (Wildman–Crippen LogP) is 0.967. The summed E-state index contributed by atoms with van der Waals surface area (Å²) in [6.07, 6.45) is 6.72. The van der Waals surface area contributed by atoms with Gasteiger partial charge in [0.1, 0.15) is 0 Å². The highest BCUT2D eigenvalue weighted by atomic mass is 16.3. The Bertz CT molecular complexity index is 373. The summed E-state index contributed by atoms with van der Waals surface area (Å²) in [4.78, 5) is 4.24. The van der Waals surface area contributed by atoms with Crippen LogP contribution in [0.15, 0.2) is 12.5 Å². The lowest BCUT2D eigenvalue weighted by molar-refractivity contribution is 0.167. The molecule has 5 heteroatoms. The minimum Gasteiger partial charge on any atom is -0.393 e. The Morgan fingerprint density at radius 1 is 1.56 bits per heavy atom. The van der Waals surface area contributed by atoms with Crippen LogP contribution < -0.4 is 11.1 Å². The number of hydrogen-bond donors (Lipinski definition) is 3. The Kier molecular flexibility index (Phi) is 4.37. The topological polar surface area (TPSA) is 76.1 Å². The summed E-state index contributed by atoms with van der Waals surface area (Å²) in [5.74, 6) is 0. The summed E-state index contributed by atoms with van der Waals surface area (Å²) in [5.41, 5.74) is 7.03. The van der Waals surface area contributed by atoms with Crippen molar-refractivity contribution >= 4 is 0 Å². The van der Waals surface area contributed by atoms with Crippen LogP contribution >= 0.6 is 0 Å². The summed E-state index contributed by atoms with van der Waals surface area (Å²) in [6.45, 7) is 4.43. The van der Waals surface area contributed by atoms with Crippen LogP contribution in [0.4, 0.5) is 0 Å². The fourth-order valence-electron chi connectivity index (χ4n) is 2.44. The van der Waals surface area contributed by atoms with Crippen LogP contribution in [0.3, 0.4) is 0 Å². The lowest BCUT2D eigenvalue weighted by Crippen LogP contribution is -2.37. The van der Waals surface area contributed by atoms with Gasteiger partial charge in [-0.25, -0.2) is 4.98 Å². The molecule has 1 aliphatic rings. The van der Waals surface area contributed by atoms with E-state index in [-0.39, 0.29) is 18.2 Å². The van der Waals surface area contributed by atoms with E-state index in [9.17, 15) is 5.11 Å². The van der Waals surface area contributed by atoms with E-state index in [0.717, 1.165) is 12.1 Å². The van der Waals surface area contributed by atoms with Crippen LogP contribution in [0.25, 0.3) is 0 Å². The molecule has 0 bridgehead atoms. The van der Waals surface area contributed by atoms with Gasteiger partial charge >= 0.3 is 0 Å². The van der Waals surface area contributed by atoms with Gasteiger partial charge in [0, 0.05) is 24.8 Å². The average molecular weight is 252 g/mol. The van der Waals surface area contributed by atoms with E-state index in [1.165, 1.54) is 12.8 Å². The van der Waals surface area contributed by atoms with Crippen LogP contribution in [0.1, 0.15) is 50.9 Å². The standard InChI is InChI=1S/C13H24N4O/c1-9(5-10(2)18)16-12(6-14)13-7-15-8-17(13)11-3-4-11/h7-12,16,18H,3-6,14H2,1-2H3. The number of imidazole rings is 1. The van der Waals surface area contributed by atoms with Crippen molar-refractivity contribution in [1.29, 1.82) is 0 Å². The molecule has 3 atom stereocenters. The predicted molar refractivity (Wildman–Crippen MR) is 71.2 cm³/mol. The summed E-state index contributed by atoms with van der Waals surface area (Å²) < 4.78 is 2.24. The summed E-state index contributed by atoms with van der Waals surface area (Å²) in [5, 5.41) is 12.9. The van der Waals surface area contributed by atoms with Crippen molar-refractivity contribution in [2.75, 3.05) is 6.54 Å². The number of aliphatic hydroxyl groups is 1. The van der Waals surface area contributed by atoms with Crippen molar-refractivity contribution in [2.24, 2.45) is 5.73 Å². The van der Waals surface area contributed by atoms with Crippen LogP contribution in [0.5, 0.6) is 0 Å². The van der Waals surface area contributed by atoms with E-state index in [4.69, 9.17) is 5.73 Å². The molecule has 4 N–H and O–H groups in total. The molecule has 1 aromatic heterocycles. The monoisotopic (exact) mass is 252 g/mol. The van der Waals surface area contributed by atoms with Crippen molar-refractivity contribution in [2.45, 2.75) is 57.3 Å². The maximum absolute atomic E-state index is 9.40. The van der Waals surface area contributed by atoms with E-state index >= 15 is 0 Å². The van der Waals surface area contributed by atoms with Crippen LogP contribution in [-0.4, -0.2) is 33.3 Å². The molecule has 0 amide bonds. The molecule has 102 valence electrons. The molecule has 5 nitrogen and oxygen atoms in total. The van der Waals surface area contributed by atoms with Gasteiger partial charge in [0.2, 0.25) is 0 Å². The van der Waals surface area contributed by atoms with Gasteiger partial charge in [-0.1, -0.05) is 0 Å². The quantitative estimate of drug-likeness (QED) is 0.676. The largest absolute Gasteiger partial charge is 0.393 e. The summed E-state index contributed by atoms with van der Waals surface area (Å²) >= 11 is 0. The van der Waals surface area contributed by atoms with Gasteiger partial charge in [0.25, 0.3) is 0 Å². The fourth-order valence-corrected chi connectivity index (χ4v) is 2.44. The Morgan fingerprint density at radius 2 is 2.28 bits per heavy atom. The number of aromatic nitrogens is 2. The third-order valence-corrected chi connectivity index (χ3v) is 3.41. The van der Waals surface area contributed by atoms with Crippen LogP contribution in [0, 0.1) is 0 Å². The smallest absolute Gasteiger partial charge is 0.0951 e. The Morgan fingerprint density at radius 3 is 2.83 bits per heavy atom. The lowest BCUT2D eigenvalue weighted by Gasteiger charge is -2.24. The number of hydrogen-bond acceptors (Lipinski definition) is 4. The molecule has 1 saturated carbocycles. The molecule has 1 aromatic rings. The average Bonchev–Trinajstić information content (AvgIpc) is 3.03. The first-order chi connectivity index (χ1) is 8.61. The molecule has 0 spiro atoms. The molecule has 0 aliphatic heterocycles. The normalized spacial score (nSPS) is 20.7. The summed E-state index contributed by atoms with van der Waals surface area (Å²) in [7, 11) is 0. The molecule has 18 heavy (non-hydrogen) atoms. The third kappa shape index (κ3) is 3.31. The van der Waals surface area contributed by atoms with Gasteiger partial charge in [-0.3, -0.25) is 0 Å². The molecule has 1 heterocycles. The van der Waals surface area contributed by atoms with E-state index < -0.39 is 0 Å². The fraction of sp³-hybridized carbons (Fsp3) is 0.769. The first-order valence-electron chi connectivity index (χ1n) is 6.77. The third-order valence-electron chi connectivity index (χ3n) is 3.41. The zero-order valence-electron chi connectivity index (χ0n) is 11.2. The second-order valence-electron chi connectivity index (χ2n) is 5.40. The maximum atomic E-state index is 9.40. The second kappa shape index (κ2) is 5.82. The maximum Gasteiger partial charge on any atom is 0.0951 e. The highest BCUT2D eigenvalue weighted by molar-refractivity contribution is 5.10. The van der Waals surface area contributed by atoms with E-state index in [1.54, 1.807) is 0 Å². The number of rotatable bonds is 7. The van der Waals surface area contributed by atoms with Gasteiger partial charge in [-0.2, -0.15) is 0 Å². The van der Waals surface area contributed by atoms with Crippen LogP contribution in [-0.2, 0) is 0 Å². The molecule has 3 unspecified atom stereocenters. The van der Waals surface area contributed by atoms with E-state index in [1.807, 2.05) is 19.4 Å². The van der Waals surface area contributed by atoms with Crippen molar-refractivity contribution in [3.63, 3.8) is 0 Å². The number of nitrogens with two attached hydrogens (primary N) is 1. The molecule has 1 aliphatic carbocycles. The first-order valence-corrected chi connectivity index (χ1v) is 6.77. The van der Waals surface area contributed by atoms with Gasteiger partial charge in [0.05, 0.1) is 24.2 Å². The van der Waals surface area contributed by atoms with Crippen molar-refractivity contribution in [3.8, 4) is 0 Å². The molecule has 1 fully saturated rings. The number of nitrogens with one attached hydrogen (secondary N) is 1. The van der Waals surface area contributed by atoms with Gasteiger partial charge < -0.3 is 20.7 Å². The van der Waals surface area contributed by atoms with Crippen LogP contribution in [0.2, 0.25) is 0 Å². The number of aliphatic hydroxyl groups excluding tert-OH is 1. The Labute approximate surface area is 108 Å². The molecule has 0 radical (unpaired) electrons.